The molecule has 0 spiro atoms. The molecule has 0 radical (unpaired) electrons. The van der Waals surface area contributed by atoms with Gasteiger partial charge in [0, 0.05) is 25.7 Å². The van der Waals surface area contributed by atoms with E-state index in [1.807, 2.05) is 0 Å². The molecule has 1 N–H and O–H groups in total. The van der Waals surface area contributed by atoms with Crippen molar-refractivity contribution in [2.45, 2.75) is 38.1 Å². The number of rotatable bonds is 8. The molecular formula is C23H29Cl2N3O4. The molecule has 0 bridgehead atoms. The van der Waals surface area contributed by atoms with Crippen molar-refractivity contribution in [2.75, 3.05) is 39.3 Å². The van der Waals surface area contributed by atoms with Gasteiger partial charge < -0.3 is 19.8 Å². The third-order valence-electron chi connectivity index (χ3n) is 5.95. The molecule has 2 saturated heterocycles. The number of benzene rings is 1. The van der Waals surface area contributed by atoms with Gasteiger partial charge in [0.05, 0.1) is 16.5 Å². The van der Waals surface area contributed by atoms with Crippen molar-refractivity contribution in [1.82, 2.24) is 14.7 Å². The molecule has 2 aliphatic heterocycles. The molecule has 1 atom stereocenters. The van der Waals surface area contributed by atoms with Gasteiger partial charge in [-0.25, -0.2) is 0 Å². The third kappa shape index (κ3) is 6.70. The second-order valence-electron chi connectivity index (χ2n) is 8.23. The molecule has 0 aromatic heterocycles. The van der Waals surface area contributed by atoms with Crippen molar-refractivity contribution in [2.24, 2.45) is 0 Å². The highest BCUT2D eigenvalue weighted by Crippen LogP contribution is 2.23. The standard InChI is InChI=1S/C23H29Cl2N3O4/c24-18-7-5-17(15-19(18)25)6-8-21(29)28-14-13-27(23(32)20(28)16-22(30)31)12-4-11-26-9-2-1-3-10-26/h5-8,15,20H,1-4,9-14,16H2,(H,30,31). The summed E-state index contributed by atoms with van der Waals surface area (Å²) in [5, 5.41) is 10.1. The summed E-state index contributed by atoms with van der Waals surface area (Å²) in [6.07, 6.45) is 7.07. The molecular weight excluding hydrogens is 453 g/mol. The molecule has 1 aromatic carbocycles. The molecule has 2 fully saturated rings. The number of carbonyl (C=O) groups excluding carboxylic acids is 2. The number of amides is 2. The van der Waals surface area contributed by atoms with Crippen LogP contribution in [0.5, 0.6) is 0 Å². The number of carboxylic acids is 1. The summed E-state index contributed by atoms with van der Waals surface area (Å²) < 4.78 is 0. The first kappa shape index (κ1) is 24.6. The lowest BCUT2D eigenvalue weighted by Crippen LogP contribution is -2.59. The number of aliphatic carboxylic acids is 1. The van der Waals surface area contributed by atoms with E-state index in [0.29, 0.717) is 35.2 Å². The fourth-order valence-electron chi connectivity index (χ4n) is 4.23. The number of piperazine rings is 1. The predicted octanol–water partition coefficient (Wildman–Crippen LogP) is 3.40. The first-order valence-electron chi connectivity index (χ1n) is 11.0. The number of carboxylic acid groups (broad SMARTS) is 1. The zero-order chi connectivity index (χ0) is 23.1. The number of likely N-dealkylation sites (tertiary alicyclic amines) is 1. The van der Waals surface area contributed by atoms with Crippen LogP contribution in [0.15, 0.2) is 24.3 Å². The number of carbonyl (C=O) groups is 3. The molecule has 32 heavy (non-hydrogen) atoms. The summed E-state index contributed by atoms with van der Waals surface area (Å²) in [4.78, 5) is 42.7. The van der Waals surface area contributed by atoms with E-state index < -0.39 is 24.3 Å². The number of nitrogens with zero attached hydrogens (tertiary/aromatic N) is 3. The predicted molar refractivity (Wildman–Crippen MR) is 125 cm³/mol. The number of piperidine rings is 1. The zero-order valence-electron chi connectivity index (χ0n) is 18.0. The van der Waals surface area contributed by atoms with Crippen molar-refractivity contribution in [3.63, 3.8) is 0 Å². The molecule has 2 amide bonds. The highest BCUT2D eigenvalue weighted by atomic mass is 35.5. The Bertz CT molecular complexity index is 871. The van der Waals surface area contributed by atoms with Crippen LogP contribution >= 0.6 is 23.2 Å². The number of hydrogen-bond donors (Lipinski definition) is 1. The number of hydrogen-bond acceptors (Lipinski definition) is 4. The fourth-order valence-corrected chi connectivity index (χ4v) is 4.54. The molecule has 9 heteroatoms. The van der Waals surface area contributed by atoms with Crippen LogP contribution in [0, 0.1) is 0 Å². The zero-order valence-corrected chi connectivity index (χ0v) is 19.5. The van der Waals surface area contributed by atoms with E-state index in [1.54, 1.807) is 29.2 Å². The SMILES string of the molecule is O=C(O)CC1C(=O)N(CCCN2CCCCC2)CCN1C(=O)C=Cc1ccc(Cl)c(Cl)c1. The largest absolute Gasteiger partial charge is 0.481 e. The topological polar surface area (TPSA) is 81.2 Å². The van der Waals surface area contributed by atoms with Gasteiger partial charge in [0.2, 0.25) is 11.8 Å². The van der Waals surface area contributed by atoms with Crippen molar-refractivity contribution in [3.8, 4) is 0 Å². The van der Waals surface area contributed by atoms with Crippen LogP contribution in [0.1, 0.15) is 37.7 Å². The quantitative estimate of drug-likeness (QED) is 0.575. The molecule has 1 aromatic rings. The summed E-state index contributed by atoms with van der Waals surface area (Å²) in [6.45, 7) is 4.42. The van der Waals surface area contributed by atoms with Crippen LogP contribution in [0.4, 0.5) is 0 Å². The first-order chi connectivity index (χ1) is 15.3. The average molecular weight is 482 g/mol. The van der Waals surface area contributed by atoms with Gasteiger partial charge in [-0.05, 0) is 62.7 Å². The molecule has 174 valence electrons. The summed E-state index contributed by atoms with van der Waals surface area (Å²) in [5.41, 5.74) is 0.685. The minimum atomic E-state index is -1.11. The second kappa shape index (κ2) is 11.7. The highest BCUT2D eigenvalue weighted by Gasteiger charge is 2.37. The van der Waals surface area contributed by atoms with Crippen LogP contribution in [-0.4, -0.2) is 82.9 Å². The maximum Gasteiger partial charge on any atom is 0.305 e. The van der Waals surface area contributed by atoms with Gasteiger partial charge in [0.25, 0.3) is 0 Å². The van der Waals surface area contributed by atoms with Crippen LogP contribution in [0.2, 0.25) is 10.0 Å². The second-order valence-corrected chi connectivity index (χ2v) is 9.05. The summed E-state index contributed by atoms with van der Waals surface area (Å²) >= 11 is 11.9. The fraction of sp³-hybridized carbons (Fsp3) is 0.522. The molecule has 3 rings (SSSR count). The van der Waals surface area contributed by atoms with Gasteiger partial charge >= 0.3 is 5.97 Å². The Kier molecular flexibility index (Phi) is 8.96. The van der Waals surface area contributed by atoms with E-state index in [4.69, 9.17) is 23.2 Å². The smallest absolute Gasteiger partial charge is 0.305 e. The van der Waals surface area contributed by atoms with Gasteiger partial charge in [-0.15, -0.1) is 0 Å². The third-order valence-corrected chi connectivity index (χ3v) is 6.69. The van der Waals surface area contributed by atoms with Gasteiger partial charge in [0.1, 0.15) is 6.04 Å². The van der Waals surface area contributed by atoms with Gasteiger partial charge in [-0.3, -0.25) is 14.4 Å². The van der Waals surface area contributed by atoms with Gasteiger partial charge in [-0.2, -0.15) is 0 Å². The Hall–Kier alpha value is -2.09. The molecule has 2 aliphatic rings. The van der Waals surface area contributed by atoms with Crippen LogP contribution in [-0.2, 0) is 14.4 Å². The van der Waals surface area contributed by atoms with E-state index in [9.17, 15) is 19.5 Å². The lowest BCUT2D eigenvalue weighted by Gasteiger charge is -2.40. The summed E-state index contributed by atoms with van der Waals surface area (Å²) in [5.74, 6) is -1.80. The van der Waals surface area contributed by atoms with Gasteiger partial charge in [-0.1, -0.05) is 35.7 Å². The minimum absolute atomic E-state index is 0.298. The highest BCUT2D eigenvalue weighted by molar-refractivity contribution is 6.42. The van der Waals surface area contributed by atoms with Crippen molar-refractivity contribution in [1.29, 1.82) is 0 Å². The normalized spacial score (nSPS) is 20.2. The van der Waals surface area contributed by atoms with Crippen molar-refractivity contribution >= 4 is 47.1 Å². The van der Waals surface area contributed by atoms with Crippen LogP contribution < -0.4 is 0 Å². The van der Waals surface area contributed by atoms with E-state index in [2.05, 4.69) is 4.90 Å². The number of halogens is 2. The van der Waals surface area contributed by atoms with Crippen LogP contribution in [0.3, 0.4) is 0 Å². The Morgan fingerprint density at radius 3 is 2.47 bits per heavy atom. The van der Waals surface area contributed by atoms with Gasteiger partial charge in [0.15, 0.2) is 0 Å². The van der Waals surface area contributed by atoms with E-state index in [1.165, 1.54) is 30.2 Å². The van der Waals surface area contributed by atoms with Crippen molar-refractivity contribution in [3.05, 3.63) is 39.9 Å². The lowest BCUT2D eigenvalue weighted by atomic mass is 10.1. The summed E-state index contributed by atoms with van der Waals surface area (Å²) in [6, 6.07) is 3.99. The Morgan fingerprint density at radius 1 is 1.03 bits per heavy atom. The minimum Gasteiger partial charge on any atom is -0.481 e. The monoisotopic (exact) mass is 481 g/mol. The Balaban J connectivity index is 1.61. The molecule has 7 nitrogen and oxygen atoms in total. The average Bonchev–Trinajstić information content (AvgIpc) is 2.77. The molecule has 2 heterocycles. The Morgan fingerprint density at radius 2 is 1.78 bits per heavy atom. The van der Waals surface area contributed by atoms with E-state index in [0.717, 1.165) is 26.1 Å². The van der Waals surface area contributed by atoms with Crippen molar-refractivity contribution < 1.29 is 19.5 Å². The molecule has 0 saturated carbocycles. The summed E-state index contributed by atoms with van der Waals surface area (Å²) in [7, 11) is 0. The maximum absolute atomic E-state index is 13.0. The van der Waals surface area contributed by atoms with E-state index in [-0.39, 0.29) is 5.91 Å². The first-order valence-corrected chi connectivity index (χ1v) is 11.8. The van der Waals surface area contributed by atoms with Crippen LogP contribution in [0.25, 0.3) is 6.08 Å². The van der Waals surface area contributed by atoms with E-state index >= 15 is 0 Å². The molecule has 1 unspecified atom stereocenters. The Labute approximate surface area is 198 Å². The molecule has 0 aliphatic carbocycles. The maximum atomic E-state index is 13.0. The lowest BCUT2D eigenvalue weighted by molar-refractivity contribution is -0.154.